The lowest BCUT2D eigenvalue weighted by Gasteiger charge is -2.21. The lowest BCUT2D eigenvalue weighted by molar-refractivity contribution is -0.114. The van der Waals surface area contributed by atoms with Gasteiger partial charge in [0.1, 0.15) is 6.54 Å². The van der Waals surface area contributed by atoms with Gasteiger partial charge in [-0.3, -0.25) is 9.10 Å². The van der Waals surface area contributed by atoms with E-state index >= 15 is 0 Å². The van der Waals surface area contributed by atoms with E-state index in [0.717, 1.165) is 16.1 Å². The van der Waals surface area contributed by atoms with Gasteiger partial charge in [0.15, 0.2) is 0 Å². The second-order valence-electron chi connectivity index (χ2n) is 5.02. The zero-order valence-electron chi connectivity index (χ0n) is 12.5. The van der Waals surface area contributed by atoms with Crippen molar-refractivity contribution >= 4 is 27.3 Å². The van der Waals surface area contributed by atoms with E-state index in [1.807, 2.05) is 25.1 Å². The van der Waals surface area contributed by atoms with Crippen LogP contribution < -0.4 is 9.62 Å². The molecule has 5 nitrogen and oxygen atoms in total. The normalized spacial score (nSPS) is 11.0. The van der Waals surface area contributed by atoms with Gasteiger partial charge in [-0.05, 0) is 36.8 Å². The summed E-state index contributed by atoms with van der Waals surface area (Å²) in [5.41, 5.74) is 2.12. The number of nitrogens with zero attached hydrogens (tertiary/aromatic N) is 1. The Hall–Kier alpha value is -2.34. The molecule has 2 rings (SSSR count). The van der Waals surface area contributed by atoms with Crippen LogP contribution in [0.25, 0.3) is 0 Å². The van der Waals surface area contributed by atoms with Crippen LogP contribution in [0.3, 0.4) is 0 Å². The van der Waals surface area contributed by atoms with Crippen LogP contribution in [0.2, 0.25) is 0 Å². The van der Waals surface area contributed by atoms with Gasteiger partial charge >= 0.3 is 0 Å². The molecule has 0 aliphatic carbocycles. The van der Waals surface area contributed by atoms with Crippen LogP contribution >= 0.6 is 0 Å². The molecule has 116 valence electrons. The molecule has 0 fully saturated rings. The number of nitrogens with one attached hydrogen (secondary N) is 1. The summed E-state index contributed by atoms with van der Waals surface area (Å²) in [5, 5.41) is 2.71. The topological polar surface area (TPSA) is 66.5 Å². The maximum atomic E-state index is 12.1. The molecule has 0 spiro atoms. The molecule has 0 aliphatic rings. The molecule has 2 aromatic rings. The summed E-state index contributed by atoms with van der Waals surface area (Å²) >= 11 is 0. The van der Waals surface area contributed by atoms with Crippen LogP contribution in [-0.4, -0.2) is 27.1 Å². The number of hydrogen-bond donors (Lipinski definition) is 1. The highest BCUT2D eigenvalue weighted by molar-refractivity contribution is 7.92. The maximum Gasteiger partial charge on any atom is 0.245 e. The van der Waals surface area contributed by atoms with E-state index in [4.69, 9.17) is 0 Å². The quantitative estimate of drug-likeness (QED) is 0.920. The second kappa shape index (κ2) is 6.62. The first-order valence-corrected chi connectivity index (χ1v) is 8.60. The van der Waals surface area contributed by atoms with E-state index in [1.54, 1.807) is 36.4 Å². The number of aryl methyl sites for hydroxylation is 1. The fourth-order valence-corrected chi connectivity index (χ4v) is 2.90. The van der Waals surface area contributed by atoms with Gasteiger partial charge in [-0.2, -0.15) is 0 Å². The summed E-state index contributed by atoms with van der Waals surface area (Å²) in [6.07, 6.45) is 1.08. The third-order valence-electron chi connectivity index (χ3n) is 3.03. The molecule has 0 bridgehead atoms. The molecule has 1 amide bonds. The van der Waals surface area contributed by atoms with Crippen LogP contribution in [0.1, 0.15) is 5.56 Å². The molecule has 0 aromatic heterocycles. The van der Waals surface area contributed by atoms with E-state index in [1.165, 1.54) is 0 Å². The van der Waals surface area contributed by atoms with Crippen LogP contribution in [0.15, 0.2) is 54.6 Å². The third kappa shape index (κ3) is 4.33. The van der Waals surface area contributed by atoms with Gasteiger partial charge in [0, 0.05) is 5.69 Å². The van der Waals surface area contributed by atoms with Crippen LogP contribution in [0.5, 0.6) is 0 Å². The number of sulfonamides is 1. The van der Waals surface area contributed by atoms with E-state index < -0.39 is 10.0 Å². The molecule has 0 unspecified atom stereocenters. The number of anilines is 2. The number of amides is 1. The van der Waals surface area contributed by atoms with Gasteiger partial charge in [-0.15, -0.1) is 0 Å². The van der Waals surface area contributed by atoms with Crippen molar-refractivity contribution in [2.24, 2.45) is 0 Å². The van der Waals surface area contributed by atoms with E-state index in [9.17, 15) is 13.2 Å². The Morgan fingerprint density at radius 3 is 2.36 bits per heavy atom. The average molecular weight is 318 g/mol. The Morgan fingerprint density at radius 2 is 1.77 bits per heavy atom. The Balaban J connectivity index is 2.16. The minimum Gasteiger partial charge on any atom is -0.325 e. The maximum absolute atomic E-state index is 12.1. The monoisotopic (exact) mass is 318 g/mol. The zero-order chi connectivity index (χ0) is 16.2. The summed E-state index contributed by atoms with van der Waals surface area (Å²) in [7, 11) is -3.54. The summed E-state index contributed by atoms with van der Waals surface area (Å²) in [6, 6.07) is 15.9. The van der Waals surface area contributed by atoms with Crippen molar-refractivity contribution in [2.45, 2.75) is 6.92 Å². The summed E-state index contributed by atoms with van der Waals surface area (Å²) < 4.78 is 24.9. The second-order valence-corrected chi connectivity index (χ2v) is 6.93. The number of rotatable bonds is 5. The van der Waals surface area contributed by atoms with Crippen molar-refractivity contribution in [3.05, 3.63) is 60.2 Å². The first kappa shape index (κ1) is 16.0. The van der Waals surface area contributed by atoms with Crippen molar-refractivity contribution in [2.75, 3.05) is 22.4 Å². The molecule has 22 heavy (non-hydrogen) atoms. The Kier molecular flexibility index (Phi) is 4.82. The third-order valence-corrected chi connectivity index (χ3v) is 4.17. The van der Waals surface area contributed by atoms with E-state index in [2.05, 4.69) is 5.32 Å². The standard InChI is InChI=1S/C16H18N2O3S/c1-13-7-6-8-14(11-13)17-16(19)12-18(22(2,20)21)15-9-4-3-5-10-15/h3-11H,12H2,1-2H3,(H,17,19). The fraction of sp³-hybridized carbons (Fsp3) is 0.188. The SMILES string of the molecule is Cc1cccc(NC(=O)CN(c2ccccc2)S(C)(=O)=O)c1. The molecular weight excluding hydrogens is 300 g/mol. The molecule has 0 heterocycles. The molecule has 6 heteroatoms. The lowest BCUT2D eigenvalue weighted by Crippen LogP contribution is -2.37. The lowest BCUT2D eigenvalue weighted by atomic mass is 10.2. The summed E-state index contributed by atoms with van der Waals surface area (Å²) in [4.78, 5) is 12.1. The van der Waals surface area contributed by atoms with Crippen molar-refractivity contribution in [3.63, 3.8) is 0 Å². The molecule has 0 saturated heterocycles. The number of carbonyl (C=O) groups excluding carboxylic acids is 1. The highest BCUT2D eigenvalue weighted by atomic mass is 32.2. The van der Waals surface area contributed by atoms with Crippen molar-refractivity contribution < 1.29 is 13.2 Å². The summed E-state index contributed by atoms with van der Waals surface area (Å²) in [5.74, 6) is -0.389. The Bertz CT molecular complexity index is 758. The largest absolute Gasteiger partial charge is 0.325 e. The minimum atomic E-state index is -3.54. The van der Waals surface area contributed by atoms with Gasteiger partial charge in [0.05, 0.1) is 11.9 Å². The van der Waals surface area contributed by atoms with Crippen LogP contribution in [0, 0.1) is 6.92 Å². The molecule has 2 aromatic carbocycles. The van der Waals surface area contributed by atoms with Gasteiger partial charge in [-0.1, -0.05) is 30.3 Å². The van der Waals surface area contributed by atoms with Gasteiger partial charge in [0.25, 0.3) is 0 Å². The van der Waals surface area contributed by atoms with Crippen molar-refractivity contribution in [1.82, 2.24) is 0 Å². The van der Waals surface area contributed by atoms with Crippen molar-refractivity contribution in [1.29, 1.82) is 0 Å². The van der Waals surface area contributed by atoms with Crippen molar-refractivity contribution in [3.8, 4) is 0 Å². The van der Waals surface area contributed by atoms with Crippen LogP contribution in [0.4, 0.5) is 11.4 Å². The predicted molar refractivity (Wildman–Crippen MR) is 88.4 cm³/mol. The van der Waals surface area contributed by atoms with Gasteiger partial charge in [-0.25, -0.2) is 8.42 Å². The highest BCUT2D eigenvalue weighted by Gasteiger charge is 2.20. The van der Waals surface area contributed by atoms with Gasteiger partial charge < -0.3 is 5.32 Å². The number of benzene rings is 2. The minimum absolute atomic E-state index is 0.267. The highest BCUT2D eigenvalue weighted by Crippen LogP contribution is 2.17. The predicted octanol–water partition coefficient (Wildman–Crippen LogP) is 2.40. The number of para-hydroxylation sites is 1. The Morgan fingerprint density at radius 1 is 1.09 bits per heavy atom. The average Bonchev–Trinajstić information content (AvgIpc) is 2.44. The smallest absolute Gasteiger partial charge is 0.245 e. The van der Waals surface area contributed by atoms with Gasteiger partial charge in [0.2, 0.25) is 15.9 Å². The first-order chi connectivity index (χ1) is 10.4. The molecule has 0 aliphatic heterocycles. The molecule has 0 radical (unpaired) electrons. The summed E-state index contributed by atoms with van der Waals surface area (Å²) in [6.45, 7) is 1.65. The first-order valence-electron chi connectivity index (χ1n) is 6.75. The molecule has 1 N–H and O–H groups in total. The zero-order valence-corrected chi connectivity index (χ0v) is 13.3. The fourth-order valence-electron chi connectivity index (χ4n) is 2.05. The molecular formula is C16H18N2O3S. The number of carbonyl (C=O) groups is 1. The Labute approximate surface area is 130 Å². The number of hydrogen-bond acceptors (Lipinski definition) is 3. The van der Waals surface area contributed by atoms with E-state index in [0.29, 0.717) is 11.4 Å². The van der Waals surface area contributed by atoms with E-state index in [-0.39, 0.29) is 12.5 Å². The van der Waals surface area contributed by atoms with Crippen LogP contribution in [-0.2, 0) is 14.8 Å². The molecule has 0 saturated carbocycles. The molecule has 0 atom stereocenters.